The Morgan fingerprint density at radius 3 is 2.80 bits per heavy atom. The van der Waals surface area contributed by atoms with Crippen molar-refractivity contribution in [2.75, 3.05) is 6.54 Å². The van der Waals surface area contributed by atoms with Crippen LogP contribution in [0.5, 0.6) is 0 Å². The van der Waals surface area contributed by atoms with E-state index in [0.29, 0.717) is 18.9 Å². The van der Waals surface area contributed by atoms with Crippen molar-refractivity contribution in [1.82, 2.24) is 19.9 Å². The van der Waals surface area contributed by atoms with E-state index in [0.717, 1.165) is 45.8 Å². The van der Waals surface area contributed by atoms with Gasteiger partial charge in [-0.15, -0.1) is 11.3 Å². The van der Waals surface area contributed by atoms with E-state index in [1.54, 1.807) is 29.7 Å². The Bertz CT molecular complexity index is 1240. The second kappa shape index (κ2) is 7.93. The first-order chi connectivity index (χ1) is 14.7. The molecular weight excluding hydrogens is 399 g/mol. The lowest BCUT2D eigenvalue weighted by Crippen LogP contribution is -2.35. The molecule has 30 heavy (non-hydrogen) atoms. The van der Waals surface area contributed by atoms with Crippen LogP contribution in [0.2, 0.25) is 0 Å². The third-order valence-electron chi connectivity index (χ3n) is 5.28. The molecule has 0 saturated heterocycles. The lowest BCUT2D eigenvalue weighted by atomic mass is 10.0. The molecule has 0 radical (unpaired) electrons. The highest BCUT2D eigenvalue weighted by molar-refractivity contribution is 7.13. The molecule has 0 bridgehead atoms. The van der Waals surface area contributed by atoms with Gasteiger partial charge in [0.05, 0.1) is 16.1 Å². The minimum atomic E-state index is -0.254. The zero-order valence-electron chi connectivity index (χ0n) is 16.1. The minimum absolute atomic E-state index is 0.0636. The first-order valence-corrected chi connectivity index (χ1v) is 10.6. The summed E-state index contributed by atoms with van der Waals surface area (Å²) < 4.78 is 13.2. The number of benzene rings is 1. The molecule has 150 valence electrons. The van der Waals surface area contributed by atoms with Gasteiger partial charge >= 0.3 is 0 Å². The van der Waals surface area contributed by atoms with Crippen molar-refractivity contribution in [2.45, 2.75) is 19.5 Å². The van der Waals surface area contributed by atoms with E-state index in [1.807, 2.05) is 23.7 Å². The Morgan fingerprint density at radius 2 is 2.00 bits per heavy atom. The molecule has 7 heteroatoms. The lowest BCUT2D eigenvalue weighted by Gasteiger charge is -2.27. The van der Waals surface area contributed by atoms with Crippen molar-refractivity contribution in [3.05, 3.63) is 93.2 Å². The quantitative estimate of drug-likeness (QED) is 0.538. The van der Waals surface area contributed by atoms with Crippen LogP contribution in [0.1, 0.15) is 16.8 Å². The van der Waals surface area contributed by atoms with Gasteiger partial charge in [0, 0.05) is 44.0 Å². The Kier molecular flexibility index (Phi) is 4.98. The average molecular weight is 418 g/mol. The molecule has 0 atom stereocenters. The van der Waals surface area contributed by atoms with Gasteiger partial charge < -0.3 is 4.98 Å². The third kappa shape index (κ3) is 3.81. The zero-order chi connectivity index (χ0) is 20.5. The molecule has 1 aromatic carbocycles. The van der Waals surface area contributed by atoms with E-state index in [4.69, 9.17) is 4.98 Å². The van der Waals surface area contributed by atoms with Crippen LogP contribution in [-0.4, -0.2) is 26.4 Å². The van der Waals surface area contributed by atoms with Gasteiger partial charge in [-0.05, 0) is 40.8 Å². The van der Waals surface area contributed by atoms with Crippen LogP contribution in [0.3, 0.4) is 0 Å². The van der Waals surface area contributed by atoms with Crippen molar-refractivity contribution in [1.29, 1.82) is 0 Å². The second-order valence-corrected chi connectivity index (χ2v) is 8.31. The van der Waals surface area contributed by atoms with Crippen LogP contribution >= 0.6 is 11.3 Å². The summed E-state index contributed by atoms with van der Waals surface area (Å²) in [5.41, 5.74) is 4.49. The summed E-state index contributed by atoms with van der Waals surface area (Å²) in [5, 5.41) is 1.98. The molecule has 0 amide bonds. The van der Waals surface area contributed by atoms with Crippen LogP contribution in [0.25, 0.3) is 21.8 Å². The number of hydrogen-bond acceptors (Lipinski definition) is 5. The van der Waals surface area contributed by atoms with Crippen LogP contribution in [0.4, 0.5) is 4.39 Å². The standard InChI is InChI=1S/C23H19FN4OS/c24-18-5-3-16(4-6-18)17-10-15(11-25-12-17)13-28-8-7-20-19(14-28)23(29)27-22(26-20)21-2-1-9-30-21/h1-6,9-12H,7-8,13-14H2,(H,26,27,29). The fourth-order valence-corrected chi connectivity index (χ4v) is 4.45. The fraction of sp³-hybridized carbons (Fsp3) is 0.174. The molecule has 0 spiro atoms. The summed E-state index contributed by atoms with van der Waals surface area (Å²) >= 11 is 1.57. The van der Waals surface area contributed by atoms with Crippen molar-refractivity contribution in [3.8, 4) is 21.8 Å². The van der Waals surface area contributed by atoms with Gasteiger partial charge in [0.25, 0.3) is 5.56 Å². The highest BCUT2D eigenvalue weighted by atomic mass is 32.1. The molecule has 1 aliphatic rings. The van der Waals surface area contributed by atoms with E-state index in [9.17, 15) is 9.18 Å². The maximum absolute atomic E-state index is 13.2. The minimum Gasteiger partial charge on any atom is -0.306 e. The van der Waals surface area contributed by atoms with E-state index >= 15 is 0 Å². The molecule has 4 aromatic rings. The number of rotatable bonds is 4. The number of fused-ring (bicyclic) bond motifs is 1. The predicted octanol–water partition coefficient (Wildman–Crippen LogP) is 4.26. The Hall–Kier alpha value is -3.16. The number of halogens is 1. The number of pyridine rings is 1. The van der Waals surface area contributed by atoms with Crippen molar-refractivity contribution in [3.63, 3.8) is 0 Å². The van der Waals surface area contributed by atoms with Gasteiger partial charge in [-0.3, -0.25) is 14.7 Å². The first-order valence-electron chi connectivity index (χ1n) is 9.74. The fourth-order valence-electron chi connectivity index (χ4n) is 3.78. The van der Waals surface area contributed by atoms with E-state index < -0.39 is 0 Å². The van der Waals surface area contributed by atoms with Gasteiger partial charge in [-0.25, -0.2) is 9.37 Å². The van der Waals surface area contributed by atoms with Gasteiger partial charge in [0.2, 0.25) is 0 Å². The van der Waals surface area contributed by atoms with Gasteiger partial charge in [-0.2, -0.15) is 0 Å². The highest BCUT2D eigenvalue weighted by Gasteiger charge is 2.22. The monoisotopic (exact) mass is 418 g/mol. The van der Waals surface area contributed by atoms with Crippen LogP contribution in [0, 0.1) is 5.82 Å². The summed E-state index contributed by atoms with van der Waals surface area (Å²) in [7, 11) is 0. The van der Waals surface area contributed by atoms with Crippen LogP contribution in [0.15, 0.2) is 65.0 Å². The second-order valence-electron chi connectivity index (χ2n) is 7.37. The van der Waals surface area contributed by atoms with Gasteiger partial charge in [-0.1, -0.05) is 18.2 Å². The van der Waals surface area contributed by atoms with E-state index in [-0.39, 0.29) is 11.4 Å². The number of aromatic nitrogens is 3. The summed E-state index contributed by atoms with van der Waals surface area (Å²) in [6.45, 7) is 2.07. The predicted molar refractivity (Wildman–Crippen MR) is 116 cm³/mol. The molecule has 0 saturated carbocycles. The summed E-state index contributed by atoms with van der Waals surface area (Å²) in [6.07, 6.45) is 4.36. The van der Waals surface area contributed by atoms with Crippen LogP contribution in [-0.2, 0) is 19.5 Å². The zero-order valence-corrected chi connectivity index (χ0v) is 17.0. The smallest absolute Gasteiger partial charge is 0.255 e. The average Bonchev–Trinajstić information content (AvgIpc) is 3.30. The third-order valence-corrected chi connectivity index (χ3v) is 6.16. The normalized spacial score (nSPS) is 13.9. The number of thiophene rings is 1. The number of hydrogen-bond donors (Lipinski definition) is 1. The summed E-state index contributed by atoms with van der Waals surface area (Å²) in [5.74, 6) is 0.398. The largest absolute Gasteiger partial charge is 0.306 e. The van der Waals surface area contributed by atoms with Crippen molar-refractivity contribution in [2.24, 2.45) is 0 Å². The van der Waals surface area contributed by atoms with Crippen molar-refractivity contribution >= 4 is 11.3 Å². The number of nitrogens with zero attached hydrogens (tertiary/aromatic N) is 3. The number of H-pyrrole nitrogens is 1. The molecule has 1 N–H and O–H groups in total. The van der Waals surface area contributed by atoms with E-state index in [1.165, 1.54) is 12.1 Å². The van der Waals surface area contributed by atoms with Gasteiger partial charge in [0.1, 0.15) is 5.82 Å². The first kappa shape index (κ1) is 18.8. The molecule has 5 nitrogen and oxygen atoms in total. The highest BCUT2D eigenvalue weighted by Crippen LogP contribution is 2.24. The Morgan fingerprint density at radius 1 is 1.13 bits per heavy atom. The molecule has 0 fully saturated rings. The molecule has 4 heterocycles. The molecule has 0 unspecified atom stereocenters. The van der Waals surface area contributed by atoms with Crippen molar-refractivity contribution < 1.29 is 4.39 Å². The molecule has 5 rings (SSSR count). The topological polar surface area (TPSA) is 61.9 Å². The van der Waals surface area contributed by atoms with E-state index in [2.05, 4.69) is 20.9 Å². The summed E-state index contributed by atoms with van der Waals surface area (Å²) in [6, 6.07) is 12.4. The molecule has 1 aliphatic heterocycles. The lowest BCUT2D eigenvalue weighted by molar-refractivity contribution is 0.241. The SMILES string of the molecule is O=c1[nH]c(-c2cccs2)nc2c1CN(Cc1cncc(-c3ccc(F)cc3)c1)CC2. The molecular formula is C23H19FN4OS. The summed E-state index contributed by atoms with van der Waals surface area (Å²) in [4.78, 5) is 27.9. The molecule has 0 aliphatic carbocycles. The van der Waals surface area contributed by atoms with Crippen LogP contribution < -0.4 is 5.56 Å². The number of aromatic amines is 1. The Balaban J connectivity index is 1.35. The maximum Gasteiger partial charge on any atom is 0.255 e. The number of nitrogens with one attached hydrogen (secondary N) is 1. The Labute approximate surface area is 176 Å². The maximum atomic E-state index is 13.2. The van der Waals surface area contributed by atoms with Gasteiger partial charge in [0.15, 0.2) is 5.82 Å². The molecule has 3 aromatic heterocycles.